The van der Waals surface area contributed by atoms with E-state index in [9.17, 15) is 23.2 Å². The summed E-state index contributed by atoms with van der Waals surface area (Å²) in [5.74, 6) is -2.09. The largest absolute Gasteiger partial charge is 0.488 e. The molecular formula is C20H13F3N2O2. The van der Waals surface area contributed by atoms with Crippen molar-refractivity contribution in [3.8, 4) is 22.9 Å². The Morgan fingerprint density at radius 1 is 1.04 bits per heavy atom. The molecule has 0 radical (unpaired) electrons. The first-order valence-corrected chi connectivity index (χ1v) is 7.89. The Kier molecular flexibility index (Phi) is 4.99. The van der Waals surface area contributed by atoms with Gasteiger partial charge in [-0.05, 0) is 37.3 Å². The molecular weight excluding hydrogens is 357 g/mol. The summed E-state index contributed by atoms with van der Waals surface area (Å²) in [7, 11) is 0. The first-order chi connectivity index (χ1) is 12.9. The second-order valence-corrected chi connectivity index (χ2v) is 5.85. The summed E-state index contributed by atoms with van der Waals surface area (Å²) < 4.78 is 46.1. The van der Waals surface area contributed by atoms with E-state index in [1.54, 1.807) is 13.0 Å². The fourth-order valence-corrected chi connectivity index (χ4v) is 2.64. The standard InChI is InChI=1S/C20H13F3N2O2/c1-11-6-16(17(9-24)20(26)25-11)15-5-4-14(22)8-19(15)27-10-12-2-3-13(21)7-18(12)23/h2-8H,10H2,1H3,(H,25,26). The number of halogens is 3. The lowest BCUT2D eigenvalue weighted by molar-refractivity contribution is 0.299. The second-order valence-electron chi connectivity index (χ2n) is 5.85. The van der Waals surface area contributed by atoms with E-state index in [0.29, 0.717) is 11.3 Å². The third-order valence-electron chi connectivity index (χ3n) is 3.91. The number of nitriles is 1. The van der Waals surface area contributed by atoms with Crippen LogP contribution < -0.4 is 10.3 Å². The number of nitrogens with one attached hydrogen (secondary N) is 1. The minimum Gasteiger partial charge on any atom is -0.488 e. The van der Waals surface area contributed by atoms with Gasteiger partial charge in [-0.25, -0.2) is 13.2 Å². The van der Waals surface area contributed by atoms with E-state index < -0.39 is 23.0 Å². The molecule has 7 heteroatoms. The van der Waals surface area contributed by atoms with Crippen molar-refractivity contribution in [3.63, 3.8) is 0 Å². The molecule has 0 spiro atoms. The Morgan fingerprint density at radius 3 is 2.44 bits per heavy atom. The number of aromatic amines is 1. The maximum atomic E-state index is 13.8. The van der Waals surface area contributed by atoms with Crippen LogP contribution in [0.1, 0.15) is 16.8 Å². The molecule has 0 aliphatic heterocycles. The normalized spacial score (nSPS) is 10.5. The fourth-order valence-electron chi connectivity index (χ4n) is 2.64. The molecule has 0 saturated carbocycles. The maximum Gasteiger partial charge on any atom is 0.266 e. The predicted molar refractivity (Wildman–Crippen MR) is 92.6 cm³/mol. The number of H-pyrrole nitrogens is 1. The van der Waals surface area contributed by atoms with Crippen LogP contribution in [0.5, 0.6) is 5.75 Å². The van der Waals surface area contributed by atoms with Crippen LogP contribution in [0.2, 0.25) is 0 Å². The smallest absolute Gasteiger partial charge is 0.266 e. The highest BCUT2D eigenvalue weighted by molar-refractivity contribution is 5.75. The third kappa shape index (κ3) is 3.85. The second kappa shape index (κ2) is 7.38. The number of pyridine rings is 1. The van der Waals surface area contributed by atoms with Crippen LogP contribution in [-0.4, -0.2) is 4.98 Å². The van der Waals surface area contributed by atoms with E-state index in [0.717, 1.165) is 18.2 Å². The lowest BCUT2D eigenvalue weighted by Crippen LogP contribution is -2.13. The Labute approximate surface area is 152 Å². The van der Waals surface area contributed by atoms with Gasteiger partial charge in [0.1, 0.15) is 41.4 Å². The van der Waals surface area contributed by atoms with Gasteiger partial charge in [-0.15, -0.1) is 0 Å². The van der Waals surface area contributed by atoms with Gasteiger partial charge < -0.3 is 9.72 Å². The molecule has 0 aliphatic rings. The first kappa shape index (κ1) is 18.3. The SMILES string of the molecule is Cc1cc(-c2ccc(F)cc2OCc2ccc(F)cc2F)c(C#N)c(=O)[nH]1. The monoisotopic (exact) mass is 370 g/mol. The van der Waals surface area contributed by atoms with E-state index in [4.69, 9.17) is 4.74 Å². The molecule has 0 unspecified atom stereocenters. The number of rotatable bonds is 4. The van der Waals surface area contributed by atoms with Crippen molar-refractivity contribution in [1.29, 1.82) is 5.26 Å². The minimum atomic E-state index is -0.794. The molecule has 2 aromatic carbocycles. The van der Waals surface area contributed by atoms with Gasteiger partial charge in [-0.3, -0.25) is 4.79 Å². The average molecular weight is 370 g/mol. The van der Waals surface area contributed by atoms with Gasteiger partial charge in [0, 0.05) is 34.5 Å². The molecule has 1 N–H and O–H groups in total. The zero-order chi connectivity index (χ0) is 19.6. The zero-order valence-electron chi connectivity index (χ0n) is 14.1. The van der Waals surface area contributed by atoms with Crippen molar-refractivity contribution in [2.45, 2.75) is 13.5 Å². The average Bonchev–Trinajstić information content (AvgIpc) is 2.60. The van der Waals surface area contributed by atoms with E-state index in [2.05, 4.69) is 4.98 Å². The van der Waals surface area contributed by atoms with Crippen molar-refractivity contribution in [1.82, 2.24) is 4.98 Å². The molecule has 3 rings (SSSR count). The van der Waals surface area contributed by atoms with Crippen molar-refractivity contribution < 1.29 is 17.9 Å². The van der Waals surface area contributed by atoms with Gasteiger partial charge in [0.2, 0.25) is 0 Å². The Bertz CT molecular complexity index is 1120. The summed E-state index contributed by atoms with van der Waals surface area (Å²) in [6.07, 6.45) is 0. The number of hydrogen-bond acceptors (Lipinski definition) is 3. The van der Waals surface area contributed by atoms with Crippen molar-refractivity contribution >= 4 is 0 Å². The number of nitrogens with zero attached hydrogens (tertiary/aromatic N) is 1. The maximum absolute atomic E-state index is 13.8. The number of ether oxygens (including phenoxy) is 1. The molecule has 1 aromatic heterocycles. The summed E-state index contributed by atoms with van der Waals surface area (Å²) in [6.45, 7) is 1.36. The number of aromatic nitrogens is 1. The molecule has 27 heavy (non-hydrogen) atoms. The molecule has 0 bridgehead atoms. The van der Waals surface area contributed by atoms with Crippen molar-refractivity contribution in [3.05, 3.63) is 87.1 Å². The lowest BCUT2D eigenvalue weighted by atomic mass is 10.00. The van der Waals surface area contributed by atoms with Gasteiger partial charge in [0.05, 0.1) is 0 Å². The number of benzene rings is 2. The summed E-state index contributed by atoms with van der Waals surface area (Å²) in [4.78, 5) is 14.5. The molecule has 3 aromatic rings. The molecule has 4 nitrogen and oxygen atoms in total. The van der Waals surface area contributed by atoms with E-state index in [1.165, 1.54) is 18.2 Å². The summed E-state index contributed by atoms with van der Waals surface area (Å²) in [6, 6.07) is 10.0. The van der Waals surface area contributed by atoms with Gasteiger partial charge in [0.15, 0.2) is 0 Å². The van der Waals surface area contributed by atoms with Crippen molar-refractivity contribution in [2.24, 2.45) is 0 Å². The third-order valence-corrected chi connectivity index (χ3v) is 3.91. The molecule has 0 saturated heterocycles. The van der Waals surface area contributed by atoms with Crippen LogP contribution in [-0.2, 0) is 6.61 Å². The van der Waals surface area contributed by atoms with E-state index >= 15 is 0 Å². The highest BCUT2D eigenvalue weighted by Crippen LogP contribution is 2.33. The molecule has 0 atom stereocenters. The molecule has 136 valence electrons. The number of aryl methyl sites for hydroxylation is 1. The molecule has 0 fully saturated rings. The van der Waals surface area contributed by atoms with Crippen LogP contribution in [0.15, 0.2) is 47.3 Å². The predicted octanol–water partition coefficient (Wildman–Crippen LogP) is 4.22. The van der Waals surface area contributed by atoms with Gasteiger partial charge >= 0.3 is 0 Å². The molecule has 1 heterocycles. The Morgan fingerprint density at radius 2 is 1.74 bits per heavy atom. The molecule has 0 aliphatic carbocycles. The molecule has 0 amide bonds. The number of hydrogen-bond donors (Lipinski definition) is 1. The van der Waals surface area contributed by atoms with Gasteiger partial charge in [-0.2, -0.15) is 5.26 Å². The van der Waals surface area contributed by atoms with Crippen molar-refractivity contribution in [2.75, 3.05) is 0 Å². The van der Waals surface area contributed by atoms with Crippen LogP contribution >= 0.6 is 0 Å². The van der Waals surface area contributed by atoms with Crippen LogP contribution in [0.25, 0.3) is 11.1 Å². The lowest BCUT2D eigenvalue weighted by Gasteiger charge is -2.14. The van der Waals surface area contributed by atoms with Gasteiger partial charge in [-0.1, -0.05) is 0 Å². The first-order valence-electron chi connectivity index (χ1n) is 7.89. The minimum absolute atomic E-state index is 0.0280. The van der Waals surface area contributed by atoms with Crippen LogP contribution in [0, 0.1) is 35.7 Å². The highest BCUT2D eigenvalue weighted by Gasteiger charge is 2.16. The van der Waals surface area contributed by atoms with Crippen LogP contribution in [0.4, 0.5) is 13.2 Å². The van der Waals surface area contributed by atoms with E-state index in [-0.39, 0.29) is 29.0 Å². The topological polar surface area (TPSA) is 65.9 Å². The summed E-state index contributed by atoms with van der Waals surface area (Å²) in [5.41, 5.74) is 0.443. The fraction of sp³-hybridized carbons (Fsp3) is 0.100. The Hall–Kier alpha value is -3.53. The zero-order valence-corrected chi connectivity index (χ0v) is 14.1. The van der Waals surface area contributed by atoms with Gasteiger partial charge in [0.25, 0.3) is 5.56 Å². The highest BCUT2D eigenvalue weighted by atomic mass is 19.1. The van der Waals surface area contributed by atoms with E-state index in [1.807, 2.05) is 6.07 Å². The Balaban J connectivity index is 2.05. The van der Waals surface area contributed by atoms with Crippen LogP contribution in [0.3, 0.4) is 0 Å². The quantitative estimate of drug-likeness (QED) is 0.748. The summed E-state index contributed by atoms with van der Waals surface area (Å²) >= 11 is 0. The summed E-state index contributed by atoms with van der Waals surface area (Å²) in [5, 5.41) is 9.30.